The Morgan fingerprint density at radius 2 is 1.90 bits per heavy atom. The largest absolute Gasteiger partial charge is 0.399 e. The zero-order chi connectivity index (χ0) is 15.7. The van der Waals surface area contributed by atoms with E-state index in [1.54, 1.807) is 0 Å². The van der Waals surface area contributed by atoms with E-state index in [-0.39, 0.29) is 10.8 Å². The van der Waals surface area contributed by atoms with Crippen LogP contribution in [0.4, 0.5) is 0 Å². The van der Waals surface area contributed by atoms with Gasteiger partial charge < -0.3 is 4.43 Å². The Balaban J connectivity index is 2.18. The highest BCUT2D eigenvalue weighted by Gasteiger charge is 2.76. The number of hydrogen-bond acceptors (Lipinski definition) is 2. The fraction of sp³-hybridized carbons (Fsp3) is 0.833. The quantitative estimate of drug-likeness (QED) is 0.537. The molecule has 3 rings (SSSR count). The Kier molecular flexibility index (Phi) is 2.94. The van der Waals surface area contributed by atoms with Gasteiger partial charge in [-0.05, 0) is 62.1 Å². The van der Waals surface area contributed by atoms with Crippen LogP contribution in [0.15, 0.2) is 12.2 Å². The molecule has 2 saturated carbocycles. The van der Waals surface area contributed by atoms with Gasteiger partial charge in [0, 0.05) is 5.41 Å². The molecule has 4 atom stereocenters. The molecule has 0 N–H and O–H groups in total. The smallest absolute Gasteiger partial charge is 0.185 e. The summed E-state index contributed by atoms with van der Waals surface area (Å²) in [6.07, 6.45) is 9.06. The Morgan fingerprint density at radius 1 is 1.24 bits per heavy atom. The van der Waals surface area contributed by atoms with Gasteiger partial charge in [0.25, 0.3) is 0 Å². The summed E-state index contributed by atoms with van der Waals surface area (Å²) in [7, 11) is -1.78. The lowest BCUT2D eigenvalue weighted by Gasteiger charge is -2.49. The Labute approximate surface area is 130 Å². The molecule has 2 nitrogen and oxygen atoms in total. The van der Waals surface area contributed by atoms with Gasteiger partial charge in [0.15, 0.2) is 13.9 Å². The van der Waals surface area contributed by atoms with Crippen LogP contribution in [0.5, 0.6) is 0 Å². The van der Waals surface area contributed by atoms with Gasteiger partial charge >= 0.3 is 0 Å². The van der Waals surface area contributed by atoms with Crippen molar-refractivity contribution < 1.29 is 4.43 Å². The van der Waals surface area contributed by atoms with E-state index in [0.29, 0.717) is 11.3 Å². The molecule has 2 fully saturated rings. The summed E-state index contributed by atoms with van der Waals surface area (Å²) in [5, 5.41) is 10.2. The Bertz CT molecular complexity index is 540. The zero-order valence-electron chi connectivity index (χ0n) is 14.4. The molecule has 0 heterocycles. The minimum atomic E-state index is -1.78. The minimum absolute atomic E-state index is 0.0709. The minimum Gasteiger partial charge on any atom is -0.399 e. The van der Waals surface area contributed by atoms with Crippen LogP contribution in [0.1, 0.15) is 46.5 Å². The van der Waals surface area contributed by atoms with Gasteiger partial charge in [0.1, 0.15) is 0 Å². The molecular formula is C18H29NOSi. The van der Waals surface area contributed by atoms with Crippen molar-refractivity contribution in [2.45, 2.75) is 71.7 Å². The van der Waals surface area contributed by atoms with Crippen molar-refractivity contribution >= 4 is 8.32 Å². The van der Waals surface area contributed by atoms with Gasteiger partial charge in [-0.1, -0.05) is 32.9 Å². The molecule has 0 aromatic carbocycles. The lowest BCUT2D eigenvalue weighted by atomic mass is 9.60. The molecule has 116 valence electrons. The normalized spacial score (nSPS) is 47.2. The van der Waals surface area contributed by atoms with Crippen LogP contribution >= 0.6 is 0 Å². The third-order valence-electron chi connectivity index (χ3n) is 6.40. The molecule has 0 aromatic heterocycles. The van der Waals surface area contributed by atoms with E-state index in [9.17, 15) is 5.26 Å². The van der Waals surface area contributed by atoms with E-state index >= 15 is 0 Å². The molecule has 0 radical (unpaired) electrons. The molecule has 0 aromatic rings. The van der Waals surface area contributed by atoms with Crippen LogP contribution in [0.3, 0.4) is 0 Å². The van der Waals surface area contributed by atoms with Crippen LogP contribution < -0.4 is 0 Å². The number of rotatable bonds is 2. The fourth-order valence-corrected chi connectivity index (χ4v) is 7.64. The van der Waals surface area contributed by atoms with Gasteiger partial charge in [-0.15, -0.1) is 0 Å². The first-order valence-electron chi connectivity index (χ1n) is 8.31. The van der Waals surface area contributed by atoms with E-state index in [1.165, 1.54) is 6.42 Å². The van der Waals surface area contributed by atoms with Crippen LogP contribution in [-0.4, -0.2) is 13.9 Å². The first kappa shape index (κ1) is 15.3. The molecule has 1 spiro atoms. The molecule has 3 aliphatic carbocycles. The summed E-state index contributed by atoms with van der Waals surface area (Å²) in [6.45, 7) is 13.8. The number of allylic oxidation sites excluding steroid dienone is 1. The maximum Gasteiger partial charge on any atom is 0.185 e. The highest BCUT2D eigenvalue weighted by Crippen LogP contribution is 2.77. The standard InChI is InChI=1S/C18H29NOSi/c1-15(2)12-16(3)9-7-10-18(16)14(15)8-11-17(18,13-19)20-21(4,5)6/h7,10,14H,8-9,11-12H2,1-6H3/t14-,16-,17+,18-/m1/s1. The summed E-state index contributed by atoms with van der Waals surface area (Å²) >= 11 is 0. The van der Waals surface area contributed by atoms with Crippen molar-refractivity contribution in [3.63, 3.8) is 0 Å². The highest BCUT2D eigenvalue weighted by molar-refractivity contribution is 6.69. The topological polar surface area (TPSA) is 33.0 Å². The van der Waals surface area contributed by atoms with Gasteiger partial charge in [-0.3, -0.25) is 0 Å². The van der Waals surface area contributed by atoms with Crippen molar-refractivity contribution in [1.82, 2.24) is 0 Å². The molecular weight excluding hydrogens is 274 g/mol. The predicted molar refractivity (Wildman–Crippen MR) is 88.2 cm³/mol. The van der Waals surface area contributed by atoms with Crippen LogP contribution in [0.25, 0.3) is 0 Å². The highest BCUT2D eigenvalue weighted by atomic mass is 28.4. The van der Waals surface area contributed by atoms with Gasteiger partial charge in [0.05, 0.1) is 6.07 Å². The number of nitriles is 1. The second kappa shape index (κ2) is 4.03. The maximum absolute atomic E-state index is 10.2. The Morgan fingerprint density at radius 3 is 2.48 bits per heavy atom. The average Bonchev–Trinajstić information content (AvgIpc) is 2.84. The summed E-state index contributed by atoms with van der Waals surface area (Å²) in [5.41, 5.74) is -0.176. The monoisotopic (exact) mass is 303 g/mol. The van der Waals surface area contributed by atoms with Crippen molar-refractivity contribution in [2.24, 2.45) is 22.2 Å². The molecule has 0 unspecified atom stereocenters. The summed E-state index contributed by atoms with van der Waals surface area (Å²) in [4.78, 5) is 0. The molecule has 21 heavy (non-hydrogen) atoms. The van der Waals surface area contributed by atoms with Crippen molar-refractivity contribution in [1.29, 1.82) is 5.26 Å². The summed E-state index contributed by atoms with van der Waals surface area (Å²) in [5.74, 6) is 0.574. The molecule has 3 aliphatic rings. The van der Waals surface area contributed by atoms with Crippen LogP contribution in [-0.2, 0) is 4.43 Å². The zero-order valence-corrected chi connectivity index (χ0v) is 15.4. The lowest BCUT2D eigenvalue weighted by Crippen LogP contribution is -2.55. The third-order valence-corrected chi connectivity index (χ3v) is 7.36. The van der Waals surface area contributed by atoms with Crippen molar-refractivity contribution in [2.75, 3.05) is 0 Å². The van der Waals surface area contributed by atoms with Crippen molar-refractivity contribution in [3.05, 3.63) is 12.2 Å². The maximum atomic E-state index is 10.2. The predicted octanol–water partition coefficient (Wildman–Crippen LogP) is 4.89. The van der Waals surface area contributed by atoms with Gasteiger partial charge in [-0.2, -0.15) is 5.26 Å². The molecule has 0 saturated heterocycles. The number of hydrogen-bond donors (Lipinski definition) is 0. The van der Waals surface area contributed by atoms with E-state index in [2.05, 4.69) is 58.6 Å². The van der Waals surface area contributed by atoms with Gasteiger partial charge in [-0.25, -0.2) is 0 Å². The first-order valence-corrected chi connectivity index (χ1v) is 11.7. The second-order valence-electron chi connectivity index (χ2n) is 9.45. The van der Waals surface area contributed by atoms with Crippen LogP contribution in [0, 0.1) is 33.5 Å². The second-order valence-corrected chi connectivity index (χ2v) is 13.9. The average molecular weight is 304 g/mol. The van der Waals surface area contributed by atoms with E-state index in [0.717, 1.165) is 19.3 Å². The molecule has 0 bridgehead atoms. The summed E-state index contributed by atoms with van der Waals surface area (Å²) < 4.78 is 6.64. The summed E-state index contributed by atoms with van der Waals surface area (Å²) in [6, 6.07) is 2.69. The molecule has 0 aliphatic heterocycles. The molecule has 0 amide bonds. The van der Waals surface area contributed by atoms with Crippen LogP contribution in [0.2, 0.25) is 19.6 Å². The van der Waals surface area contributed by atoms with E-state index in [4.69, 9.17) is 4.43 Å². The SMILES string of the molecule is CC1(C)C[C@@]2(C)CC=C[C@@]23[C@@H]1CC[C@@]3(C#N)O[Si](C)(C)C. The fourth-order valence-electron chi connectivity index (χ4n) is 6.28. The number of nitrogens with zero attached hydrogens (tertiary/aromatic N) is 1. The third kappa shape index (κ3) is 1.72. The van der Waals surface area contributed by atoms with Crippen molar-refractivity contribution in [3.8, 4) is 6.07 Å². The Hall–Kier alpha value is -0.593. The lowest BCUT2D eigenvalue weighted by molar-refractivity contribution is -0.0366. The molecule has 3 heteroatoms. The first-order chi connectivity index (χ1) is 9.52. The van der Waals surface area contributed by atoms with E-state index in [1.807, 2.05) is 0 Å². The van der Waals surface area contributed by atoms with Gasteiger partial charge in [0.2, 0.25) is 0 Å². The van der Waals surface area contributed by atoms with E-state index < -0.39 is 13.9 Å².